The van der Waals surface area contributed by atoms with Crippen molar-refractivity contribution in [3.63, 3.8) is 0 Å². The molecule has 31 heavy (non-hydrogen) atoms. The van der Waals surface area contributed by atoms with Gasteiger partial charge < -0.3 is 14.6 Å². The van der Waals surface area contributed by atoms with Gasteiger partial charge in [0.2, 0.25) is 5.95 Å². The van der Waals surface area contributed by atoms with Gasteiger partial charge in [0.25, 0.3) is 0 Å². The van der Waals surface area contributed by atoms with E-state index in [1.807, 2.05) is 49.4 Å². The van der Waals surface area contributed by atoms with Crippen molar-refractivity contribution in [1.82, 2.24) is 15.0 Å². The van der Waals surface area contributed by atoms with Gasteiger partial charge >= 0.3 is 0 Å². The highest BCUT2D eigenvalue weighted by Crippen LogP contribution is 2.38. The van der Waals surface area contributed by atoms with Crippen LogP contribution in [0, 0.1) is 0 Å². The zero-order valence-electron chi connectivity index (χ0n) is 17.2. The molecule has 2 N–H and O–H groups in total. The van der Waals surface area contributed by atoms with Gasteiger partial charge in [0.05, 0.1) is 28.7 Å². The van der Waals surface area contributed by atoms with Gasteiger partial charge in [-0.25, -0.2) is 9.97 Å². The van der Waals surface area contributed by atoms with Crippen molar-refractivity contribution in [3.05, 3.63) is 53.7 Å². The topological polar surface area (TPSA) is 89.0 Å². The van der Waals surface area contributed by atoms with Crippen LogP contribution in [0.4, 0.5) is 22.6 Å². The van der Waals surface area contributed by atoms with Gasteiger partial charge in [-0.1, -0.05) is 35.1 Å². The molecule has 0 bridgehead atoms. The van der Waals surface area contributed by atoms with Crippen LogP contribution in [-0.4, -0.2) is 34.9 Å². The smallest absolute Gasteiger partial charge is 0.231 e. The minimum atomic E-state index is -2.48. The van der Waals surface area contributed by atoms with Gasteiger partial charge in [-0.3, -0.25) is 5.32 Å². The standard InChI is InChI=1S/C21H21ClN5O2PS/c1-4-29-13-9-10-16-18(11-13)31-21(25-16)27-20-23-12-14(22)19(26-20)24-15-7-5-6-8-17(15)30(2,3)28/h5-12H,4H2,1-3H3,(H2,23,24,25,26,27). The number of rotatable bonds is 7. The SMILES string of the molecule is CCOc1ccc2nc(Nc3ncc(Cl)c(Nc4ccccc4P(C)(C)=O)n3)sc2c1. The third kappa shape index (κ3) is 4.98. The molecule has 4 rings (SSSR count). The lowest BCUT2D eigenvalue weighted by atomic mass is 10.3. The lowest BCUT2D eigenvalue weighted by molar-refractivity contribution is 0.341. The Kier molecular flexibility index (Phi) is 6.14. The van der Waals surface area contributed by atoms with Gasteiger partial charge in [0, 0.05) is 5.30 Å². The van der Waals surface area contributed by atoms with Crippen molar-refractivity contribution >= 4 is 68.2 Å². The van der Waals surface area contributed by atoms with E-state index in [1.54, 1.807) is 13.3 Å². The molecule has 0 fully saturated rings. The number of fused-ring (bicyclic) bond motifs is 1. The van der Waals surface area contributed by atoms with Crippen molar-refractivity contribution in [3.8, 4) is 5.75 Å². The van der Waals surface area contributed by atoms with E-state index in [4.69, 9.17) is 16.3 Å². The van der Waals surface area contributed by atoms with Crippen LogP contribution in [0.15, 0.2) is 48.7 Å². The summed E-state index contributed by atoms with van der Waals surface area (Å²) in [5.41, 5.74) is 1.56. The van der Waals surface area contributed by atoms with E-state index in [-0.39, 0.29) is 0 Å². The number of anilines is 4. The number of halogens is 1. The van der Waals surface area contributed by atoms with Crippen LogP contribution in [0.5, 0.6) is 5.75 Å². The number of benzene rings is 2. The van der Waals surface area contributed by atoms with Crippen LogP contribution in [0.2, 0.25) is 5.02 Å². The molecule has 0 aliphatic rings. The van der Waals surface area contributed by atoms with E-state index in [9.17, 15) is 4.57 Å². The highest BCUT2D eigenvalue weighted by atomic mass is 35.5. The molecule has 2 aromatic heterocycles. The molecule has 0 amide bonds. The molecule has 0 aliphatic carbocycles. The highest BCUT2D eigenvalue weighted by Gasteiger charge is 2.17. The lowest BCUT2D eigenvalue weighted by Crippen LogP contribution is -2.10. The maximum Gasteiger partial charge on any atom is 0.231 e. The lowest BCUT2D eigenvalue weighted by Gasteiger charge is -2.15. The third-order valence-electron chi connectivity index (χ3n) is 4.37. The van der Waals surface area contributed by atoms with E-state index < -0.39 is 7.14 Å². The molecule has 0 saturated heterocycles. The molecule has 160 valence electrons. The molecule has 4 aromatic rings. The van der Waals surface area contributed by atoms with E-state index >= 15 is 0 Å². The first-order valence-electron chi connectivity index (χ1n) is 9.58. The third-order valence-corrected chi connectivity index (χ3v) is 7.13. The fraction of sp³-hybridized carbons (Fsp3) is 0.190. The Bertz CT molecular complexity index is 1290. The van der Waals surface area contributed by atoms with Crippen LogP contribution >= 0.6 is 30.1 Å². The number of thiazole rings is 1. The van der Waals surface area contributed by atoms with Crippen LogP contribution < -0.4 is 20.7 Å². The molecule has 0 aliphatic heterocycles. The van der Waals surface area contributed by atoms with E-state index in [2.05, 4.69) is 25.6 Å². The maximum absolute atomic E-state index is 12.6. The summed E-state index contributed by atoms with van der Waals surface area (Å²) >= 11 is 7.80. The zero-order chi connectivity index (χ0) is 22.0. The van der Waals surface area contributed by atoms with Crippen LogP contribution in [0.3, 0.4) is 0 Å². The van der Waals surface area contributed by atoms with E-state index in [0.29, 0.717) is 34.2 Å². The summed E-state index contributed by atoms with van der Waals surface area (Å²) in [6, 6.07) is 13.2. The molecule has 0 unspecified atom stereocenters. The largest absolute Gasteiger partial charge is 0.494 e. The molecular formula is C21H21ClN5O2PS. The Labute approximate surface area is 189 Å². The van der Waals surface area contributed by atoms with E-state index in [1.165, 1.54) is 17.5 Å². The number of nitrogens with zero attached hydrogens (tertiary/aromatic N) is 3. The number of ether oxygens (including phenoxy) is 1. The number of hydrogen-bond acceptors (Lipinski definition) is 8. The Morgan fingerprint density at radius 3 is 2.71 bits per heavy atom. The number of aromatic nitrogens is 3. The van der Waals surface area contributed by atoms with Gasteiger partial charge in [-0.05, 0) is 50.6 Å². The predicted molar refractivity (Wildman–Crippen MR) is 130 cm³/mol. The second kappa shape index (κ2) is 8.83. The summed E-state index contributed by atoms with van der Waals surface area (Å²) < 4.78 is 19.2. The average Bonchev–Trinajstić information content (AvgIpc) is 3.12. The fourth-order valence-corrected chi connectivity index (χ4v) is 5.18. The quantitative estimate of drug-likeness (QED) is 0.324. The summed E-state index contributed by atoms with van der Waals surface area (Å²) in [7, 11) is -2.48. The first kappa shape index (κ1) is 21.6. The van der Waals surface area contributed by atoms with Crippen molar-refractivity contribution in [2.45, 2.75) is 6.92 Å². The molecule has 10 heteroatoms. The normalized spacial score (nSPS) is 11.5. The van der Waals surface area contributed by atoms with Gasteiger partial charge in [-0.2, -0.15) is 4.98 Å². The van der Waals surface area contributed by atoms with Gasteiger partial charge in [0.15, 0.2) is 10.9 Å². The molecule has 0 atom stereocenters. The predicted octanol–water partition coefficient (Wildman–Crippen LogP) is 5.87. The Morgan fingerprint density at radius 1 is 1.13 bits per heavy atom. The molecular weight excluding hydrogens is 453 g/mol. The van der Waals surface area contributed by atoms with Crippen molar-refractivity contribution < 1.29 is 9.30 Å². The molecule has 0 radical (unpaired) electrons. The van der Waals surface area contributed by atoms with Crippen LogP contribution in [-0.2, 0) is 4.57 Å². The molecule has 7 nitrogen and oxygen atoms in total. The summed E-state index contributed by atoms with van der Waals surface area (Å²) in [5.74, 6) is 1.58. The first-order valence-corrected chi connectivity index (χ1v) is 13.4. The summed E-state index contributed by atoms with van der Waals surface area (Å²) in [6.07, 6.45) is 1.51. The molecule has 2 aromatic carbocycles. The van der Waals surface area contributed by atoms with Crippen LogP contribution in [0.25, 0.3) is 10.2 Å². The average molecular weight is 474 g/mol. The second-order valence-corrected chi connectivity index (χ2v) is 11.7. The van der Waals surface area contributed by atoms with Crippen molar-refractivity contribution in [1.29, 1.82) is 0 Å². The minimum Gasteiger partial charge on any atom is -0.494 e. The maximum atomic E-state index is 12.6. The summed E-state index contributed by atoms with van der Waals surface area (Å²) in [4.78, 5) is 13.3. The first-order chi connectivity index (χ1) is 14.8. The Hall–Kier alpha value is -2.67. The fourth-order valence-electron chi connectivity index (χ4n) is 3.00. The molecule has 2 heterocycles. The number of hydrogen-bond donors (Lipinski definition) is 2. The Morgan fingerprint density at radius 2 is 1.94 bits per heavy atom. The van der Waals surface area contributed by atoms with E-state index in [0.717, 1.165) is 21.3 Å². The molecule has 0 saturated carbocycles. The number of nitrogens with one attached hydrogen (secondary N) is 2. The Balaban J connectivity index is 1.60. The minimum absolute atomic E-state index is 0.352. The van der Waals surface area contributed by atoms with Gasteiger partial charge in [0.1, 0.15) is 17.9 Å². The van der Waals surface area contributed by atoms with Crippen molar-refractivity contribution in [2.75, 3.05) is 30.6 Å². The van der Waals surface area contributed by atoms with Crippen LogP contribution in [0.1, 0.15) is 6.92 Å². The highest BCUT2D eigenvalue weighted by molar-refractivity contribution is 7.70. The second-order valence-electron chi connectivity index (χ2n) is 7.09. The van der Waals surface area contributed by atoms with Crippen molar-refractivity contribution in [2.24, 2.45) is 0 Å². The summed E-state index contributed by atoms with van der Waals surface area (Å²) in [5, 5.41) is 8.07. The molecule has 0 spiro atoms. The number of para-hydroxylation sites is 1. The monoisotopic (exact) mass is 473 g/mol. The summed E-state index contributed by atoms with van der Waals surface area (Å²) in [6.45, 7) is 6.02. The van der Waals surface area contributed by atoms with Gasteiger partial charge in [-0.15, -0.1) is 0 Å². The zero-order valence-corrected chi connectivity index (χ0v) is 19.7.